The van der Waals surface area contributed by atoms with E-state index >= 15 is 0 Å². The van der Waals surface area contributed by atoms with Gasteiger partial charge in [-0.3, -0.25) is 4.68 Å². The van der Waals surface area contributed by atoms with Crippen molar-refractivity contribution in [1.29, 1.82) is 0 Å². The summed E-state index contributed by atoms with van der Waals surface area (Å²) in [5.74, 6) is 0. The number of hydrogen-bond acceptors (Lipinski definition) is 3. The highest BCUT2D eigenvalue weighted by Gasteiger charge is 2.21. The van der Waals surface area contributed by atoms with E-state index in [1.165, 1.54) is 16.8 Å². The lowest BCUT2D eigenvalue weighted by molar-refractivity contribution is 0.599. The van der Waals surface area contributed by atoms with Crippen LogP contribution in [-0.2, 0) is 19.9 Å². The van der Waals surface area contributed by atoms with E-state index in [-0.39, 0.29) is 18.4 Å². The molecule has 1 atom stereocenters. The summed E-state index contributed by atoms with van der Waals surface area (Å²) in [6.45, 7) is 1.94. The summed E-state index contributed by atoms with van der Waals surface area (Å²) in [4.78, 5) is 2.40. The quantitative estimate of drug-likeness (QED) is 0.938. The van der Waals surface area contributed by atoms with Crippen molar-refractivity contribution in [2.75, 3.05) is 18.0 Å². The molecule has 4 nitrogen and oxygen atoms in total. The SMILES string of the molecule is Cl.Cn1cc(CCN2CC(N)Cc3ccccc32)cn1. The Bertz CT molecular complexity index is 567. The van der Waals surface area contributed by atoms with Gasteiger partial charge in [0.2, 0.25) is 0 Å². The summed E-state index contributed by atoms with van der Waals surface area (Å²) in [6, 6.07) is 8.82. The lowest BCUT2D eigenvalue weighted by Crippen LogP contribution is -2.44. The lowest BCUT2D eigenvalue weighted by atomic mass is 9.98. The topological polar surface area (TPSA) is 47.1 Å². The van der Waals surface area contributed by atoms with Crippen molar-refractivity contribution in [3.63, 3.8) is 0 Å². The van der Waals surface area contributed by atoms with Crippen molar-refractivity contribution in [3.05, 3.63) is 47.8 Å². The van der Waals surface area contributed by atoms with Gasteiger partial charge in [-0.05, 0) is 30.0 Å². The Kier molecular flexibility index (Phi) is 4.68. The van der Waals surface area contributed by atoms with Crippen LogP contribution in [0, 0.1) is 0 Å². The van der Waals surface area contributed by atoms with Crippen molar-refractivity contribution in [2.45, 2.75) is 18.9 Å². The van der Waals surface area contributed by atoms with Gasteiger partial charge in [0, 0.05) is 38.1 Å². The third-order valence-corrected chi connectivity index (χ3v) is 3.70. The molecule has 1 aliphatic heterocycles. The highest BCUT2D eigenvalue weighted by molar-refractivity contribution is 5.85. The number of anilines is 1. The fourth-order valence-corrected chi connectivity index (χ4v) is 2.80. The number of aryl methyl sites for hydroxylation is 1. The molecule has 2 heterocycles. The van der Waals surface area contributed by atoms with Crippen molar-refractivity contribution in [3.8, 4) is 0 Å². The number of nitrogens with two attached hydrogens (primary N) is 1. The predicted molar refractivity (Wildman–Crippen MR) is 84.5 cm³/mol. The molecule has 1 aromatic carbocycles. The maximum Gasteiger partial charge on any atom is 0.0522 e. The number of hydrogen-bond donors (Lipinski definition) is 1. The number of halogens is 1. The Morgan fingerprint density at radius 3 is 2.90 bits per heavy atom. The zero-order valence-corrected chi connectivity index (χ0v) is 12.5. The highest BCUT2D eigenvalue weighted by Crippen LogP contribution is 2.26. The van der Waals surface area contributed by atoms with Gasteiger partial charge in [0.05, 0.1) is 6.20 Å². The number of rotatable bonds is 3. The van der Waals surface area contributed by atoms with Gasteiger partial charge in [0.15, 0.2) is 0 Å². The maximum absolute atomic E-state index is 6.15. The molecule has 2 aromatic rings. The van der Waals surface area contributed by atoms with Gasteiger partial charge in [-0.1, -0.05) is 18.2 Å². The number of nitrogens with zero attached hydrogens (tertiary/aromatic N) is 3. The molecule has 0 amide bonds. The van der Waals surface area contributed by atoms with E-state index in [9.17, 15) is 0 Å². The summed E-state index contributed by atoms with van der Waals surface area (Å²) >= 11 is 0. The van der Waals surface area contributed by atoms with Crippen LogP contribution >= 0.6 is 12.4 Å². The first-order valence-corrected chi connectivity index (χ1v) is 6.78. The summed E-state index contributed by atoms with van der Waals surface area (Å²) < 4.78 is 1.85. The fraction of sp³-hybridized carbons (Fsp3) is 0.400. The van der Waals surface area contributed by atoms with E-state index in [1.54, 1.807) is 0 Å². The first kappa shape index (κ1) is 14.9. The molecule has 1 aliphatic rings. The molecule has 0 spiro atoms. The van der Waals surface area contributed by atoms with Crippen LogP contribution in [0.1, 0.15) is 11.1 Å². The monoisotopic (exact) mass is 292 g/mol. The Morgan fingerprint density at radius 2 is 2.15 bits per heavy atom. The average Bonchev–Trinajstić information content (AvgIpc) is 2.81. The number of aromatic nitrogens is 2. The van der Waals surface area contributed by atoms with Crippen LogP contribution in [0.2, 0.25) is 0 Å². The molecule has 0 aliphatic carbocycles. The normalized spacial score (nSPS) is 17.5. The van der Waals surface area contributed by atoms with Crippen molar-refractivity contribution < 1.29 is 0 Å². The summed E-state index contributed by atoms with van der Waals surface area (Å²) in [5, 5.41) is 4.21. The molecular weight excluding hydrogens is 272 g/mol. The van der Waals surface area contributed by atoms with Crippen LogP contribution in [0.25, 0.3) is 0 Å². The van der Waals surface area contributed by atoms with Crippen molar-refractivity contribution in [1.82, 2.24) is 9.78 Å². The van der Waals surface area contributed by atoms with Crippen LogP contribution in [0.15, 0.2) is 36.7 Å². The third-order valence-electron chi connectivity index (χ3n) is 3.70. The molecule has 0 radical (unpaired) electrons. The van der Waals surface area contributed by atoms with Crippen LogP contribution < -0.4 is 10.6 Å². The molecule has 3 rings (SSSR count). The fourth-order valence-electron chi connectivity index (χ4n) is 2.80. The average molecular weight is 293 g/mol. The van der Waals surface area contributed by atoms with E-state index in [2.05, 4.69) is 40.5 Å². The van der Waals surface area contributed by atoms with Crippen LogP contribution in [0.4, 0.5) is 5.69 Å². The Hall–Kier alpha value is -1.52. The molecule has 0 saturated heterocycles. The van der Waals surface area contributed by atoms with Gasteiger partial charge in [-0.2, -0.15) is 5.10 Å². The van der Waals surface area contributed by atoms with Gasteiger partial charge < -0.3 is 10.6 Å². The second-order valence-corrected chi connectivity index (χ2v) is 5.31. The second-order valence-electron chi connectivity index (χ2n) is 5.31. The minimum absolute atomic E-state index is 0. The van der Waals surface area contributed by atoms with Gasteiger partial charge in [0.1, 0.15) is 0 Å². The minimum Gasteiger partial charge on any atom is -0.369 e. The largest absolute Gasteiger partial charge is 0.369 e. The minimum atomic E-state index is 0. The summed E-state index contributed by atoms with van der Waals surface area (Å²) in [5.41, 5.74) is 10.1. The smallest absolute Gasteiger partial charge is 0.0522 e. The van der Waals surface area contributed by atoms with Gasteiger partial charge in [0.25, 0.3) is 0 Å². The van der Waals surface area contributed by atoms with Crippen LogP contribution in [-0.4, -0.2) is 28.9 Å². The Balaban J connectivity index is 0.00000147. The molecule has 108 valence electrons. The number of fused-ring (bicyclic) bond motifs is 1. The Morgan fingerprint density at radius 1 is 1.35 bits per heavy atom. The molecule has 0 fully saturated rings. The lowest BCUT2D eigenvalue weighted by Gasteiger charge is -2.34. The first-order chi connectivity index (χ1) is 9.22. The van der Waals surface area contributed by atoms with E-state index in [0.717, 1.165) is 25.9 Å². The summed E-state index contributed by atoms with van der Waals surface area (Å²) in [6.07, 6.45) is 6.01. The first-order valence-electron chi connectivity index (χ1n) is 6.78. The standard InChI is InChI=1S/C15H20N4.ClH/c1-18-10-12(9-17-18)6-7-19-11-14(16)8-13-4-2-3-5-15(13)19;/h2-5,9-10,14H,6-8,11,16H2,1H3;1H. The van der Waals surface area contributed by atoms with E-state index in [1.807, 2.05) is 17.9 Å². The van der Waals surface area contributed by atoms with E-state index in [4.69, 9.17) is 5.73 Å². The molecule has 2 N–H and O–H groups in total. The number of para-hydroxylation sites is 1. The van der Waals surface area contributed by atoms with Crippen molar-refractivity contribution >= 4 is 18.1 Å². The molecule has 0 bridgehead atoms. The van der Waals surface area contributed by atoms with Gasteiger partial charge >= 0.3 is 0 Å². The van der Waals surface area contributed by atoms with Crippen LogP contribution in [0.5, 0.6) is 0 Å². The second kappa shape index (κ2) is 6.29. The molecular formula is C15H21ClN4. The molecule has 0 saturated carbocycles. The zero-order chi connectivity index (χ0) is 13.2. The summed E-state index contributed by atoms with van der Waals surface area (Å²) in [7, 11) is 1.95. The van der Waals surface area contributed by atoms with Gasteiger partial charge in [-0.25, -0.2) is 0 Å². The molecule has 5 heteroatoms. The predicted octanol–water partition coefficient (Wildman–Crippen LogP) is 1.77. The highest BCUT2D eigenvalue weighted by atomic mass is 35.5. The molecule has 1 aromatic heterocycles. The Labute approximate surface area is 126 Å². The molecule has 1 unspecified atom stereocenters. The third kappa shape index (κ3) is 3.14. The van der Waals surface area contributed by atoms with Crippen molar-refractivity contribution in [2.24, 2.45) is 12.8 Å². The van der Waals surface area contributed by atoms with E-state index < -0.39 is 0 Å². The molecule has 20 heavy (non-hydrogen) atoms. The van der Waals surface area contributed by atoms with E-state index in [0.29, 0.717) is 0 Å². The zero-order valence-electron chi connectivity index (χ0n) is 11.7. The van der Waals surface area contributed by atoms with Gasteiger partial charge in [-0.15, -0.1) is 12.4 Å². The maximum atomic E-state index is 6.15. The van der Waals surface area contributed by atoms with Crippen LogP contribution in [0.3, 0.4) is 0 Å². The number of benzene rings is 1.